The van der Waals surface area contributed by atoms with Gasteiger partial charge in [0.05, 0.1) is 28.1 Å². The second-order valence-corrected chi connectivity index (χ2v) is 6.48. The van der Waals surface area contributed by atoms with Crippen LogP contribution in [-0.4, -0.2) is 25.6 Å². The quantitative estimate of drug-likeness (QED) is 0.290. The van der Waals surface area contributed by atoms with Gasteiger partial charge in [-0.3, -0.25) is 25.0 Å². The fraction of sp³-hybridized carbons (Fsp3) is 0.105. The molecule has 0 aliphatic heterocycles. The fourth-order valence-corrected chi connectivity index (χ4v) is 2.93. The van der Waals surface area contributed by atoms with Gasteiger partial charge in [0.2, 0.25) is 0 Å². The Hall–Kier alpha value is -3.79. The Morgan fingerprint density at radius 3 is 2.52 bits per heavy atom. The molecule has 0 bridgehead atoms. The fourth-order valence-electron chi connectivity index (χ4n) is 2.78. The van der Waals surface area contributed by atoms with Crippen LogP contribution in [0.15, 0.2) is 64.5 Å². The van der Waals surface area contributed by atoms with E-state index in [9.17, 15) is 14.9 Å². The van der Waals surface area contributed by atoms with Crippen LogP contribution in [0, 0.1) is 17.0 Å². The molecule has 1 aromatic heterocycles. The number of hydrogen-bond donors (Lipinski definition) is 2. The summed E-state index contributed by atoms with van der Waals surface area (Å²) in [6, 6.07) is 15.4. The first-order chi connectivity index (χ1) is 13.9. The van der Waals surface area contributed by atoms with Crippen molar-refractivity contribution in [1.29, 1.82) is 0 Å². The van der Waals surface area contributed by atoms with Gasteiger partial charge in [-0.15, -0.1) is 0 Å². The van der Waals surface area contributed by atoms with E-state index in [1.54, 1.807) is 36.9 Å². The van der Waals surface area contributed by atoms with Crippen LogP contribution in [0.25, 0.3) is 5.69 Å². The van der Waals surface area contributed by atoms with Crippen molar-refractivity contribution in [1.82, 2.24) is 14.8 Å². The number of nitro benzene ring substituents is 1. The van der Waals surface area contributed by atoms with E-state index in [2.05, 4.69) is 15.8 Å². The first-order valence-electron chi connectivity index (χ1n) is 8.57. The molecule has 0 atom stereocenters. The summed E-state index contributed by atoms with van der Waals surface area (Å²) < 4.78 is 3.25. The van der Waals surface area contributed by atoms with Crippen LogP contribution in [0.1, 0.15) is 11.3 Å². The number of aromatic nitrogens is 2. The highest BCUT2D eigenvalue weighted by molar-refractivity contribution is 7.80. The van der Waals surface area contributed by atoms with Gasteiger partial charge in [-0.05, 0) is 37.3 Å². The van der Waals surface area contributed by atoms with Crippen molar-refractivity contribution in [2.24, 2.45) is 12.1 Å². The van der Waals surface area contributed by atoms with E-state index in [0.29, 0.717) is 16.9 Å². The van der Waals surface area contributed by atoms with E-state index in [-0.39, 0.29) is 16.4 Å². The predicted octanol–water partition coefficient (Wildman–Crippen LogP) is 2.71. The van der Waals surface area contributed by atoms with Crippen LogP contribution in [0.3, 0.4) is 0 Å². The zero-order chi connectivity index (χ0) is 21.0. The minimum Gasteiger partial charge on any atom is -0.325 e. The van der Waals surface area contributed by atoms with Gasteiger partial charge < -0.3 is 5.32 Å². The molecular formula is C19H18N6O3S. The third kappa shape index (κ3) is 4.22. The van der Waals surface area contributed by atoms with E-state index in [1.165, 1.54) is 17.0 Å². The molecule has 3 aromatic rings. The van der Waals surface area contributed by atoms with Gasteiger partial charge in [0.15, 0.2) is 5.11 Å². The van der Waals surface area contributed by atoms with E-state index in [4.69, 9.17) is 12.2 Å². The number of hydrazone groups is 1. The topological polar surface area (TPSA) is 106 Å². The molecule has 0 saturated carbocycles. The predicted molar refractivity (Wildman–Crippen MR) is 116 cm³/mol. The highest BCUT2D eigenvalue weighted by Crippen LogP contribution is 2.15. The van der Waals surface area contributed by atoms with E-state index < -0.39 is 4.92 Å². The first-order valence-corrected chi connectivity index (χ1v) is 8.98. The molecule has 0 amide bonds. The molecule has 0 saturated heterocycles. The number of thiocarbonyl (C=S) groups is 1. The Bertz CT molecular complexity index is 1150. The Morgan fingerprint density at radius 2 is 1.83 bits per heavy atom. The van der Waals surface area contributed by atoms with Crippen LogP contribution >= 0.6 is 12.2 Å². The summed E-state index contributed by atoms with van der Waals surface area (Å²) in [5.74, 6) is 0. The minimum absolute atomic E-state index is 0.0680. The third-order valence-electron chi connectivity index (χ3n) is 4.30. The number of nitro groups is 1. The summed E-state index contributed by atoms with van der Waals surface area (Å²) in [5.41, 5.74) is 4.30. The zero-order valence-corrected chi connectivity index (χ0v) is 16.5. The van der Waals surface area contributed by atoms with Crippen molar-refractivity contribution in [3.05, 3.63) is 86.3 Å². The van der Waals surface area contributed by atoms with Gasteiger partial charge in [-0.1, -0.05) is 30.3 Å². The van der Waals surface area contributed by atoms with Crippen LogP contribution in [0.2, 0.25) is 0 Å². The van der Waals surface area contributed by atoms with Gasteiger partial charge in [-0.25, -0.2) is 4.68 Å². The van der Waals surface area contributed by atoms with E-state index in [1.807, 2.05) is 30.3 Å². The van der Waals surface area contributed by atoms with Crippen LogP contribution in [0.4, 0.5) is 11.4 Å². The summed E-state index contributed by atoms with van der Waals surface area (Å²) in [4.78, 5) is 23.4. The molecule has 0 aliphatic rings. The van der Waals surface area contributed by atoms with Crippen LogP contribution < -0.4 is 16.3 Å². The Balaban J connectivity index is 1.77. The SMILES string of the molecule is Cc1c(NC(=S)N/N=C\c2ccccc2[N+](=O)[O-])c(=O)n(-c2ccccc2)n1C. The Labute approximate surface area is 171 Å². The number of para-hydroxylation sites is 2. The molecule has 148 valence electrons. The van der Waals surface area contributed by atoms with Gasteiger partial charge in [0.25, 0.3) is 11.2 Å². The maximum atomic E-state index is 12.8. The lowest BCUT2D eigenvalue weighted by atomic mass is 10.2. The van der Waals surface area contributed by atoms with Crippen molar-refractivity contribution in [3.8, 4) is 5.69 Å². The first kappa shape index (κ1) is 20.0. The molecule has 29 heavy (non-hydrogen) atoms. The standard InChI is InChI=1S/C19H18N6O3S/c1-13-17(18(26)24(23(13)2)15-9-4-3-5-10-15)21-19(29)22-20-12-14-8-6-7-11-16(14)25(27)28/h3-12H,1-2H3,(H2,21,22,29)/b20-12-. The molecule has 3 rings (SSSR count). The van der Waals surface area contributed by atoms with Crippen LogP contribution in [-0.2, 0) is 7.05 Å². The molecule has 2 N–H and O–H groups in total. The molecule has 0 unspecified atom stereocenters. The molecule has 0 radical (unpaired) electrons. The minimum atomic E-state index is -0.489. The molecule has 0 spiro atoms. The highest BCUT2D eigenvalue weighted by atomic mass is 32.1. The number of nitrogens with zero attached hydrogens (tertiary/aromatic N) is 4. The monoisotopic (exact) mass is 410 g/mol. The van der Waals surface area contributed by atoms with Gasteiger partial charge >= 0.3 is 0 Å². The normalized spacial score (nSPS) is 10.8. The average molecular weight is 410 g/mol. The summed E-state index contributed by atoms with van der Waals surface area (Å²) in [6.07, 6.45) is 1.30. The van der Waals surface area contributed by atoms with Gasteiger partial charge in [0.1, 0.15) is 5.69 Å². The van der Waals surface area contributed by atoms with Crippen molar-refractivity contribution < 1.29 is 4.92 Å². The third-order valence-corrected chi connectivity index (χ3v) is 4.49. The molecule has 0 fully saturated rings. The number of nitrogens with one attached hydrogen (secondary N) is 2. The molecule has 0 aliphatic carbocycles. The van der Waals surface area contributed by atoms with Crippen molar-refractivity contribution in [3.63, 3.8) is 0 Å². The van der Waals surface area contributed by atoms with E-state index >= 15 is 0 Å². The smallest absolute Gasteiger partial charge is 0.295 e. The lowest BCUT2D eigenvalue weighted by molar-refractivity contribution is -0.385. The van der Waals surface area contributed by atoms with Gasteiger partial charge in [0, 0.05) is 13.1 Å². The number of hydrogen-bond acceptors (Lipinski definition) is 5. The molecule has 9 nitrogen and oxygen atoms in total. The largest absolute Gasteiger partial charge is 0.325 e. The van der Waals surface area contributed by atoms with Gasteiger partial charge in [-0.2, -0.15) is 5.10 Å². The van der Waals surface area contributed by atoms with E-state index in [0.717, 1.165) is 5.69 Å². The zero-order valence-electron chi connectivity index (χ0n) is 15.7. The summed E-state index contributed by atoms with van der Waals surface area (Å²) in [7, 11) is 1.78. The second-order valence-electron chi connectivity index (χ2n) is 6.08. The maximum Gasteiger partial charge on any atom is 0.295 e. The van der Waals surface area contributed by atoms with Crippen molar-refractivity contribution >= 4 is 34.9 Å². The molecular weight excluding hydrogens is 392 g/mol. The maximum absolute atomic E-state index is 12.8. The summed E-state index contributed by atoms with van der Waals surface area (Å²) >= 11 is 5.20. The Kier molecular flexibility index (Phi) is 5.84. The summed E-state index contributed by atoms with van der Waals surface area (Å²) in [6.45, 7) is 1.79. The molecule has 2 aromatic carbocycles. The van der Waals surface area contributed by atoms with Crippen LogP contribution in [0.5, 0.6) is 0 Å². The second kappa shape index (κ2) is 8.48. The molecule has 1 heterocycles. The number of rotatable bonds is 5. The Morgan fingerprint density at radius 1 is 1.17 bits per heavy atom. The average Bonchev–Trinajstić information content (AvgIpc) is 2.92. The molecule has 10 heteroatoms. The van der Waals surface area contributed by atoms with Crippen molar-refractivity contribution in [2.75, 3.05) is 5.32 Å². The lowest BCUT2D eigenvalue weighted by Gasteiger charge is -2.07. The lowest BCUT2D eigenvalue weighted by Crippen LogP contribution is -2.28. The summed E-state index contributed by atoms with van der Waals surface area (Å²) in [5, 5.41) is 17.9. The number of benzene rings is 2. The van der Waals surface area contributed by atoms with Crippen molar-refractivity contribution in [2.45, 2.75) is 6.92 Å². The highest BCUT2D eigenvalue weighted by Gasteiger charge is 2.17. The number of anilines is 1.